The highest BCUT2D eigenvalue weighted by atomic mass is 79.9. The van der Waals surface area contributed by atoms with Gasteiger partial charge in [0.1, 0.15) is 0 Å². The molecule has 0 atom stereocenters. The van der Waals surface area contributed by atoms with Crippen LogP contribution in [0.2, 0.25) is 0 Å². The first kappa shape index (κ1) is 15.7. The van der Waals surface area contributed by atoms with E-state index in [1.54, 1.807) is 42.5 Å². The number of hydrogen-bond acceptors (Lipinski definition) is 2. The molecule has 21 heavy (non-hydrogen) atoms. The molecule has 2 aromatic carbocycles. The van der Waals surface area contributed by atoms with E-state index in [2.05, 4.69) is 37.2 Å². The van der Waals surface area contributed by atoms with Crippen LogP contribution in [0.25, 0.3) is 0 Å². The molecule has 0 saturated heterocycles. The molecular formula is C15H12Br2N2O2. The Morgan fingerprint density at radius 2 is 1.81 bits per heavy atom. The van der Waals surface area contributed by atoms with Gasteiger partial charge in [-0.2, -0.15) is 0 Å². The maximum absolute atomic E-state index is 12.3. The fourth-order valence-corrected chi connectivity index (χ4v) is 3.07. The third kappa shape index (κ3) is 4.15. The molecule has 0 bridgehead atoms. The molecule has 6 heteroatoms. The van der Waals surface area contributed by atoms with E-state index in [9.17, 15) is 9.59 Å². The van der Waals surface area contributed by atoms with Gasteiger partial charge in [-0.15, -0.1) is 0 Å². The first-order valence-electron chi connectivity index (χ1n) is 6.10. The molecule has 108 valence electrons. The fourth-order valence-electron chi connectivity index (χ4n) is 1.85. The average Bonchev–Trinajstić information content (AvgIpc) is 2.40. The molecule has 2 amide bonds. The van der Waals surface area contributed by atoms with Crippen LogP contribution in [0.4, 0.5) is 5.69 Å². The van der Waals surface area contributed by atoms with Crippen LogP contribution in [-0.2, 0) is 11.2 Å². The molecule has 0 fully saturated rings. The normalized spacial score (nSPS) is 10.2. The van der Waals surface area contributed by atoms with Crippen molar-refractivity contribution in [1.82, 2.24) is 0 Å². The van der Waals surface area contributed by atoms with Gasteiger partial charge in [0.05, 0.1) is 12.0 Å². The van der Waals surface area contributed by atoms with Gasteiger partial charge in [-0.25, -0.2) is 0 Å². The zero-order valence-electron chi connectivity index (χ0n) is 10.9. The number of carbonyl (C=O) groups excluding carboxylic acids is 2. The van der Waals surface area contributed by atoms with Crippen molar-refractivity contribution in [2.75, 3.05) is 5.32 Å². The summed E-state index contributed by atoms with van der Waals surface area (Å²) in [5.74, 6) is -0.701. The molecule has 0 heterocycles. The minimum Gasteiger partial charge on any atom is -0.369 e. The van der Waals surface area contributed by atoms with Crippen molar-refractivity contribution in [3.8, 4) is 0 Å². The summed E-state index contributed by atoms with van der Waals surface area (Å²) in [7, 11) is 0. The van der Waals surface area contributed by atoms with Gasteiger partial charge in [0.2, 0.25) is 5.91 Å². The second-order valence-electron chi connectivity index (χ2n) is 4.38. The molecule has 0 aromatic heterocycles. The van der Waals surface area contributed by atoms with Crippen molar-refractivity contribution in [2.24, 2.45) is 5.73 Å². The summed E-state index contributed by atoms with van der Waals surface area (Å²) in [4.78, 5) is 23.4. The number of para-hydroxylation sites is 1. The Hall–Kier alpha value is -1.66. The minimum absolute atomic E-state index is 0.0813. The predicted molar refractivity (Wildman–Crippen MR) is 89.1 cm³/mol. The molecule has 2 rings (SSSR count). The van der Waals surface area contributed by atoms with E-state index in [0.717, 1.165) is 4.47 Å². The van der Waals surface area contributed by atoms with Gasteiger partial charge in [-0.1, -0.05) is 34.1 Å². The summed E-state index contributed by atoms with van der Waals surface area (Å²) < 4.78 is 1.56. The molecule has 2 aromatic rings. The Morgan fingerprint density at radius 1 is 1.10 bits per heavy atom. The van der Waals surface area contributed by atoms with Crippen molar-refractivity contribution < 1.29 is 9.59 Å². The van der Waals surface area contributed by atoms with E-state index in [-0.39, 0.29) is 12.3 Å². The Balaban J connectivity index is 2.25. The molecule has 4 nitrogen and oxygen atoms in total. The third-order valence-corrected chi connectivity index (χ3v) is 3.96. The summed E-state index contributed by atoms with van der Waals surface area (Å²) >= 11 is 6.69. The summed E-state index contributed by atoms with van der Waals surface area (Å²) in [5.41, 5.74) is 6.98. The minimum atomic E-state index is -0.443. The van der Waals surface area contributed by atoms with E-state index < -0.39 is 5.91 Å². The van der Waals surface area contributed by atoms with Crippen LogP contribution < -0.4 is 11.1 Å². The first-order valence-corrected chi connectivity index (χ1v) is 7.68. The number of nitrogens with one attached hydrogen (secondary N) is 1. The van der Waals surface area contributed by atoms with E-state index in [0.29, 0.717) is 21.3 Å². The second-order valence-corrected chi connectivity index (χ2v) is 6.15. The fraction of sp³-hybridized carbons (Fsp3) is 0.0667. The Labute approximate surface area is 139 Å². The van der Waals surface area contributed by atoms with E-state index in [1.165, 1.54) is 0 Å². The van der Waals surface area contributed by atoms with Gasteiger partial charge in [0, 0.05) is 14.6 Å². The molecule has 0 radical (unpaired) electrons. The van der Waals surface area contributed by atoms with E-state index >= 15 is 0 Å². The summed E-state index contributed by atoms with van der Waals surface area (Å²) in [6, 6.07) is 12.4. The molecule has 0 unspecified atom stereocenters. The van der Waals surface area contributed by atoms with E-state index in [4.69, 9.17) is 5.73 Å². The Kier molecular flexibility index (Phi) is 5.14. The number of benzene rings is 2. The van der Waals surface area contributed by atoms with Gasteiger partial charge in [0.25, 0.3) is 5.91 Å². The highest BCUT2D eigenvalue weighted by Gasteiger charge is 2.13. The molecule has 0 aliphatic rings. The Morgan fingerprint density at radius 3 is 2.48 bits per heavy atom. The number of halogens is 2. The van der Waals surface area contributed by atoms with Crippen molar-refractivity contribution in [3.05, 3.63) is 62.5 Å². The highest BCUT2D eigenvalue weighted by Crippen LogP contribution is 2.24. The van der Waals surface area contributed by atoms with Crippen LogP contribution >= 0.6 is 31.9 Å². The zero-order valence-corrected chi connectivity index (χ0v) is 14.1. The predicted octanol–water partition coefficient (Wildman–Crippen LogP) is 3.49. The Bertz CT molecular complexity index is 702. The van der Waals surface area contributed by atoms with Crippen LogP contribution in [0.1, 0.15) is 15.9 Å². The number of amides is 2. The molecule has 0 spiro atoms. The van der Waals surface area contributed by atoms with Crippen LogP contribution in [0, 0.1) is 0 Å². The number of anilines is 1. The third-order valence-electron chi connectivity index (χ3n) is 2.81. The number of carbonyl (C=O) groups is 2. The van der Waals surface area contributed by atoms with Gasteiger partial charge in [-0.05, 0) is 45.8 Å². The number of rotatable bonds is 4. The van der Waals surface area contributed by atoms with Crippen molar-refractivity contribution in [2.45, 2.75) is 6.42 Å². The summed E-state index contributed by atoms with van der Waals surface area (Å²) in [6.45, 7) is 0. The standard InChI is InChI=1S/C15H12Br2N2O2/c16-10-5-6-11(12(17)8-10)15(21)19-13-4-2-1-3-9(13)7-14(18)20/h1-6,8H,7H2,(H2,18,20)(H,19,21). The van der Waals surface area contributed by atoms with Crippen LogP contribution in [0.15, 0.2) is 51.4 Å². The lowest BCUT2D eigenvalue weighted by molar-refractivity contribution is -0.117. The number of primary amides is 1. The number of nitrogens with two attached hydrogens (primary N) is 1. The molecule has 0 aliphatic heterocycles. The lowest BCUT2D eigenvalue weighted by Gasteiger charge is -2.11. The maximum atomic E-state index is 12.3. The van der Waals surface area contributed by atoms with Crippen molar-refractivity contribution in [1.29, 1.82) is 0 Å². The zero-order chi connectivity index (χ0) is 15.4. The monoisotopic (exact) mass is 410 g/mol. The highest BCUT2D eigenvalue weighted by molar-refractivity contribution is 9.11. The first-order chi connectivity index (χ1) is 9.97. The molecular weight excluding hydrogens is 400 g/mol. The van der Waals surface area contributed by atoms with Crippen molar-refractivity contribution >= 4 is 49.4 Å². The van der Waals surface area contributed by atoms with Crippen LogP contribution in [0.5, 0.6) is 0 Å². The van der Waals surface area contributed by atoms with Gasteiger partial charge < -0.3 is 11.1 Å². The maximum Gasteiger partial charge on any atom is 0.256 e. The van der Waals surface area contributed by atoms with Gasteiger partial charge >= 0.3 is 0 Å². The number of hydrogen-bond donors (Lipinski definition) is 2. The molecule has 0 saturated carbocycles. The lowest BCUT2D eigenvalue weighted by atomic mass is 10.1. The summed E-state index contributed by atoms with van der Waals surface area (Å²) in [6.07, 6.45) is 0.0813. The quantitative estimate of drug-likeness (QED) is 0.808. The second kappa shape index (κ2) is 6.87. The van der Waals surface area contributed by atoms with Gasteiger partial charge in [0.15, 0.2) is 0 Å². The lowest BCUT2D eigenvalue weighted by Crippen LogP contribution is -2.17. The SMILES string of the molecule is NC(=O)Cc1ccccc1NC(=O)c1ccc(Br)cc1Br. The van der Waals surface area contributed by atoms with E-state index in [1.807, 2.05) is 0 Å². The molecule has 0 aliphatic carbocycles. The average molecular weight is 412 g/mol. The molecule has 3 N–H and O–H groups in total. The largest absolute Gasteiger partial charge is 0.369 e. The van der Waals surface area contributed by atoms with Crippen LogP contribution in [-0.4, -0.2) is 11.8 Å². The van der Waals surface area contributed by atoms with Gasteiger partial charge in [-0.3, -0.25) is 9.59 Å². The summed E-state index contributed by atoms with van der Waals surface area (Å²) in [5, 5.41) is 2.80. The smallest absolute Gasteiger partial charge is 0.256 e. The van der Waals surface area contributed by atoms with Crippen molar-refractivity contribution in [3.63, 3.8) is 0 Å². The van der Waals surface area contributed by atoms with Crippen LogP contribution in [0.3, 0.4) is 0 Å². The topological polar surface area (TPSA) is 72.2 Å².